The van der Waals surface area contributed by atoms with Crippen molar-refractivity contribution in [2.75, 3.05) is 11.4 Å². The van der Waals surface area contributed by atoms with E-state index in [-0.39, 0.29) is 31.0 Å². The lowest BCUT2D eigenvalue weighted by molar-refractivity contribution is -0.384. The highest BCUT2D eigenvalue weighted by atomic mass is 16.6. The zero-order valence-electron chi connectivity index (χ0n) is 10.2. The molecule has 0 aromatic heterocycles. The molecule has 0 atom stereocenters. The molecule has 0 spiro atoms. The van der Waals surface area contributed by atoms with Crippen LogP contribution >= 0.6 is 0 Å². The summed E-state index contributed by atoms with van der Waals surface area (Å²) in [5.74, 6) is -0.579. The number of anilines is 1. The van der Waals surface area contributed by atoms with Crippen LogP contribution in [0, 0.1) is 10.1 Å². The second-order valence-electron chi connectivity index (χ2n) is 4.33. The Labute approximate surface area is 109 Å². The molecular formula is C12H13N3O4. The third kappa shape index (κ3) is 2.70. The number of benzene rings is 1. The Balaban J connectivity index is 2.31. The van der Waals surface area contributed by atoms with Crippen molar-refractivity contribution in [3.63, 3.8) is 0 Å². The van der Waals surface area contributed by atoms with Crippen LogP contribution in [-0.4, -0.2) is 23.3 Å². The normalized spacial score (nSPS) is 14.1. The molecule has 1 heterocycles. The third-order valence-electron chi connectivity index (χ3n) is 3.06. The molecule has 0 fully saturated rings. The molecule has 1 aliphatic heterocycles. The summed E-state index contributed by atoms with van der Waals surface area (Å²) in [4.78, 5) is 34.3. The van der Waals surface area contributed by atoms with E-state index >= 15 is 0 Å². The number of fused-ring (bicyclic) bond motifs is 1. The van der Waals surface area contributed by atoms with Crippen LogP contribution in [0.25, 0.3) is 0 Å². The van der Waals surface area contributed by atoms with Crippen molar-refractivity contribution >= 4 is 23.2 Å². The van der Waals surface area contributed by atoms with Crippen LogP contribution in [0.5, 0.6) is 0 Å². The maximum Gasteiger partial charge on any atom is 0.269 e. The van der Waals surface area contributed by atoms with Crippen molar-refractivity contribution in [1.29, 1.82) is 0 Å². The number of aryl methyl sites for hydroxylation is 1. The lowest BCUT2D eigenvalue weighted by atomic mass is 10.00. The summed E-state index contributed by atoms with van der Waals surface area (Å²) in [5.41, 5.74) is 6.45. The van der Waals surface area contributed by atoms with Gasteiger partial charge in [-0.3, -0.25) is 19.7 Å². The lowest BCUT2D eigenvalue weighted by Crippen LogP contribution is -2.37. The van der Waals surface area contributed by atoms with Crippen molar-refractivity contribution in [3.8, 4) is 0 Å². The molecule has 0 aliphatic carbocycles. The fourth-order valence-corrected chi connectivity index (χ4v) is 2.13. The zero-order valence-corrected chi connectivity index (χ0v) is 10.2. The number of nitrogens with zero attached hydrogens (tertiary/aromatic N) is 2. The highest BCUT2D eigenvalue weighted by Crippen LogP contribution is 2.31. The average Bonchev–Trinajstić information content (AvgIpc) is 2.36. The number of nitro benzene ring substituents is 1. The van der Waals surface area contributed by atoms with Gasteiger partial charge in [0.2, 0.25) is 11.8 Å². The summed E-state index contributed by atoms with van der Waals surface area (Å²) >= 11 is 0. The van der Waals surface area contributed by atoms with Crippen LogP contribution in [0.2, 0.25) is 0 Å². The first-order valence-electron chi connectivity index (χ1n) is 5.85. The summed E-state index contributed by atoms with van der Waals surface area (Å²) in [6, 6.07) is 4.37. The Morgan fingerprint density at radius 3 is 2.79 bits per heavy atom. The molecule has 0 bridgehead atoms. The molecule has 100 valence electrons. The van der Waals surface area contributed by atoms with Gasteiger partial charge in [-0.15, -0.1) is 0 Å². The van der Waals surface area contributed by atoms with Gasteiger partial charge in [0.25, 0.3) is 5.69 Å². The Morgan fingerprint density at radius 2 is 2.16 bits per heavy atom. The first-order valence-corrected chi connectivity index (χ1v) is 5.85. The fraction of sp³-hybridized carbons (Fsp3) is 0.333. The zero-order chi connectivity index (χ0) is 14.0. The van der Waals surface area contributed by atoms with Gasteiger partial charge in [-0.05, 0) is 18.1 Å². The van der Waals surface area contributed by atoms with Crippen LogP contribution in [0.1, 0.15) is 18.4 Å². The molecule has 0 saturated heterocycles. The number of nitrogens with two attached hydrogens (primary N) is 1. The highest BCUT2D eigenvalue weighted by Gasteiger charge is 2.25. The molecule has 0 unspecified atom stereocenters. The average molecular weight is 263 g/mol. The van der Waals surface area contributed by atoms with Gasteiger partial charge in [0.1, 0.15) is 0 Å². The standard InChI is InChI=1S/C12H13N3O4/c13-11(16)5-6-14-10-3-2-9(15(18)19)7-8(10)1-4-12(14)17/h2-3,7H,1,4-6H2,(H2,13,16). The summed E-state index contributed by atoms with van der Waals surface area (Å²) < 4.78 is 0. The largest absolute Gasteiger partial charge is 0.370 e. The summed E-state index contributed by atoms with van der Waals surface area (Å²) in [7, 11) is 0. The van der Waals surface area contributed by atoms with Gasteiger partial charge in [-0.2, -0.15) is 0 Å². The number of hydrogen-bond acceptors (Lipinski definition) is 4. The Bertz CT molecular complexity index is 556. The van der Waals surface area contributed by atoms with Crippen LogP contribution in [0.3, 0.4) is 0 Å². The van der Waals surface area contributed by atoms with E-state index in [9.17, 15) is 19.7 Å². The number of non-ortho nitro benzene ring substituents is 1. The molecule has 7 nitrogen and oxygen atoms in total. The van der Waals surface area contributed by atoms with Crippen molar-refractivity contribution in [2.45, 2.75) is 19.3 Å². The predicted octanol–water partition coefficient (Wildman–Crippen LogP) is 0.749. The molecule has 2 amide bonds. The molecule has 1 aliphatic rings. The fourth-order valence-electron chi connectivity index (χ4n) is 2.13. The topological polar surface area (TPSA) is 107 Å². The van der Waals surface area contributed by atoms with E-state index in [1.165, 1.54) is 17.0 Å². The number of primary amides is 1. The van der Waals surface area contributed by atoms with Crippen LogP contribution in [-0.2, 0) is 16.0 Å². The number of amides is 2. The quantitative estimate of drug-likeness (QED) is 0.638. The van der Waals surface area contributed by atoms with Crippen molar-refractivity contribution < 1.29 is 14.5 Å². The molecule has 0 saturated carbocycles. The van der Waals surface area contributed by atoms with Crippen molar-refractivity contribution in [2.24, 2.45) is 5.73 Å². The van der Waals surface area contributed by atoms with Crippen LogP contribution < -0.4 is 10.6 Å². The van der Waals surface area contributed by atoms with Gasteiger partial charge in [-0.1, -0.05) is 0 Å². The number of rotatable bonds is 4. The molecule has 1 aromatic carbocycles. The molecule has 7 heteroatoms. The van der Waals surface area contributed by atoms with Crippen LogP contribution in [0.4, 0.5) is 11.4 Å². The highest BCUT2D eigenvalue weighted by molar-refractivity contribution is 5.97. The minimum Gasteiger partial charge on any atom is -0.370 e. The predicted molar refractivity (Wildman–Crippen MR) is 67.6 cm³/mol. The minimum absolute atomic E-state index is 0.00273. The van der Waals surface area contributed by atoms with Gasteiger partial charge in [0.15, 0.2) is 0 Å². The third-order valence-corrected chi connectivity index (χ3v) is 3.06. The van der Waals surface area contributed by atoms with Gasteiger partial charge in [0.05, 0.1) is 4.92 Å². The minimum atomic E-state index is -0.484. The number of carbonyl (C=O) groups excluding carboxylic acids is 2. The molecule has 2 rings (SSSR count). The van der Waals surface area contributed by atoms with Gasteiger partial charge >= 0.3 is 0 Å². The Morgan fingerprint density at radius 1 is 1.42 bits per heavy atom. The summed E-state index contributed by atoms with van der Waals surface area (Å²) in [5, 5.41) is 10.7. The molecular weight excluding hydrogens is 250 g/mol. The molecule has 2 N–H and O–H groups in total. The maximum absolute atomic E-state index is 11.8. The number of hydrogen-bond donors (Lipinski definition) is 1. The maximum atomic E-state index is 11.8. The van der Waals surface area contributed by atoms with Gasteiger partial charge in [0, 0.05) is 37.2 Å². The van der Waals surface area contributed by atoms with E-state index in [4.69, 9.17) is 5.73 Å². The van der Waals surface area contributed by atoms with Crippen molar-refractivity contribution in [1.82, 2.24) is 0 Å². The number of nitro groups is 1. The SMILES string of the molecule is NC(=O)CCN1C(=O)CCc2cc([N+](=O)[O-])ccc21. The Hall–Kier alpha value is -2.44. The first kappa shape index (κ1) is 13.0. The lowest BCUT2D eigenvalue weighted by Gasteiger charge is -2.28. The van der Waals surface area contributed by atoms with E-state index < -0.39 is 10.8 Å². The second kappa shape index (κ2) is 5.05. The smallest absolute Gasteiger partial charge is 0.269 e. The molecule has 19 heavy (non-hydrogen) atoms. The van der Waals surface area contributed by atoms with Crippen molar-refractivity contribution in [3.05, 3.63) is 33.9 Å². The number of carbonyl (C=O) groups is 2. The monoisotopic (exact) mass is 263 g/mol. The van der Waals surface area contributed by atoms with Gasteiger partial charge < -0.3 is 10.6 Å². The van der Waals surface area contributed by atoms with Gasteiger partial charge in [-0.25, -0.2) is 0 Å². The summed E-state index contributed by atoms with van der Waals surface area (Å²) in [6.07, 6.45) is 0.831. The van der Waals surface area contributed by atoms with E-state index in [1.807, 2.05) is 0 Å². The summed E-state index contributed by atoms with van der Waals surface area (Å²) in [6.45, 7) is 0.207. The first-order chi connectivity index (χ1) is 8.99. The molecule has 0 radical (unpaired) electrons. The van der Waals surface area contributed by atoms with E-state index in [2.05, 4.69) is 0 Å². The van der Waals surface area contributed by atoms with E-state index in [0.717, 1.165) is 5.56 Å². The second-order valence-corrected chi connectivity index (χ2v) is 4.33. The van der Waals surface area contributed by atoms with E-state index in [0.29, 0.717) is 12.1 Å². The van der Waals surface area contributed by atoms with E-state index in [1.54, 1.807) is 6.07 Å². The molecule has 1 aromatic rings. The van der Waals surface area contributed by atoms with Crippen LogP contribution in [0.15, 0.2) is 18.2 Å². The Kier molecular flexibility index (Phi) is 3.46.